The van der Waals surface area contributed by atoms with Gasteiger partial charge in [-0.1, -0.05) is 12.1 Å². The van der Waals surface area contributed by atoms with Crippen LogP contribution in [0.1, 0.15) is 16.8 Å². The molecule has 0 aliphatic heterocycles. The highest BCUT2D eigenvalue weighted by molar-refractivity contribution is 6.00. The fraction of sp³-hybridized carbons (Fsp3) is 0.182. The number of nitro benzene ring substituents is 1. The van der Waals surface area contributed by atoms with Crippen LogP contribution in [0.2, 0.25) is 0 Å². The predicted octanol–water partition coefficient (Wildman–Crippen LogP) is -0.347. The number of nitrogens with one attached hydrogen (secondary N) is 1. The molecule has 1 aromatic rings. The number of nitrogens with zero attached hydrogens (tertiary/aromatic N) is 1. The predicted molar refractivity (Wildman–Crippen MR) is 65.8 cm³/mol. The van der Waals surface area contributed by atoms with Gasteiger partial charge >= 0.3 is 5.97 Å². The smallest absolute Gasteiger partial charge is 0.326 e. The Morgan fingerprint density at radius 1 is 1.35 bits per heavy atom. The van der Waals surface area contributed by atoms with Crippen LogP contribution in [0.3, 0.4) is 0 Å². The lowest BCUT2D eigenvalue weighted by atomic mass is 10.1. The quantitative estimate of drug-likeness (QED) is 0.478. The van der Waals surface area contributed by atoms with E-state index in [0.29, 0.717) is 0 Å². The van der Waals surface area contributed by atoms with Crippen LogP contribution >= 0.6 is 0 Å². The highest BCUT2D eigenvalue weighted by atomic mass is 16.6. The zero-order valence-corrected chi connectivity index (χ0v) is 10.1. The average molecular weight is 281 g/mol. The van der Waals surface area contributed by atoms with E-state index in [-0.39, 0.29) is 5.56 Å². The topological polar surface area (TPSA) is 153 Å². The Morgan fingerprint density at radius 2 is 1.95 bits per heavy atom. The number of nitrogens with two attached hydrogens (primary N) is 1. The number of para-hydroxylation sites is 1. The summed E-state index contributed by atoms with van der Waals surface area (Å²) < 4.78 is 0. The van der Waals surface area contributed by atoms with Crippen molar-refractivity contribution in [3.8, 4) is 0 Å². The van der Waals surface area contributed by atoms with Crippen LogP contribution < -0.4 is 11.1 Å². The molecule has 0 aliphatic carbocycles. The molecular weight excluding hydrogens is 270 g/mol. The Kier molecular flexibility index (Phi) is 4.73. The van der Waals surface area contributed by atoms with Gasteiger partial charge in [0.25, 0.3) is 11.6 Å². The van der Waals surface area contributed by atoms with Crippen molar-refractivity contribution < 1.29 is 24.4 Å². The third-order valence-electron chi connectivity index (χ3n) is 2.35. The molecule has 1 unspecified atom stereocenters. The molecule has 4 N–H and O–H groups in total. The van der Waals surface area contributed by atoms with Crippen LogP contribution in [0.15, 0.2) is 24.3 Å². The molecule has 0 fully saturated rings. The second-order valence-corrected chi connectivity index (χ2v) is 3.81. The van der Waals surface area contributed by atoms with E-state index in [9.17, 15) is 24.5 Å². The van der Waals surface area contributed by atoms with Gasteiger partial charge in [0.1, 0.15) is 11.6 Å². The van der Waals surface area contributed by atoms with Gasteiger partial charge in [0.15, 0.2) is 0 Å². The fourth-order valence-corrected chi connectivity index (χ4v) is 1.46. The van der Waals surface area contributed by atoms with Crippen molar-refractivity contribution in [2.24, 2.45) is 5.73 Å². The number of hydrogen-bond donors (Lipinski definition) is 3. The number of carbonyl (C=O) groups excluding carboxylic acids is 2. The SMILES string of the molecule is NC(=O)CC(NC(=O)c1ccccc1[N+](=O)[O-])C(=O)O. The number of hydrogen-bond acceptors (Lipinski definition) is 5. The van der Waals surface area contributed by atoms with Crippen LogP contribution in [0.5, 0.6) is 0 Å². The first kappa shape index (κ1) is 15.1. The number of amides is 2. The van der Waals surface area contributed by atoms with Crippen LogP contribution in [-0.2, 0) is 9.59 Å². The summed E-state index contributed by atoms with van der Waals surface area (Å²) in [6.07, 6.45) is -0.609. The normalized spacial score (nSPS) is 11.4. The van der Waals surface area contributed by atoms with Gasteiger partial charge in [-0.2, -0.15) is 0 Å². The van der Waals surface area contributed by atoms with Gasteiger partial charge in [0.05, 0.1) is 11.3 Å². The van der Waals surface area contributed by atoms with Gasteiger partial charge in [-0.25, -0.2) is 4.79 Å². The minimum atomic E-state index is -1.54. The second kappa shape index (κ2) is 6.27. The van der Waals surface area contributed by atoms with Gasteiger partial charge < -0.3 is 16.2 Å². The van der Waals surface area contributed by atoms with E-state index in [4.69, 9.17) is 10.8 Å². The molecule has 0 spiro atoms. The summed E-state index contributed by atoms with van der Waals surface area (Å²) in [5.74, 6) is -3.35. The molecule has 1 aromatic carbocycles. The minimum absolute atomic E-state index is 0.298. The molecule has 9 heteroatoms. The number of carboxylic acid groups (broad SMARTS) is 1. The third-order valence-corrected chi connectivity index (χ3v) is 2.35. The lowest BCUT2D eigenvalue weighted by Gasteiger charge is -2.12. The number of benzene rings is 1. The van der Waals surface area contributed by atoms with Gasteiger partial charge in [-0.15, -0.1) is 0 Å². The Hall–Kier alpha value is -2.97. The number of nitro groups is 1. The van der Waals surface area contributed by atoms with Crippen molar-refractivity contribution in [1.82, 2.24) is 5.32 Å². The molecule has 0 bridgehead atoms. The molecule has 0 saturated heterocycles. The van der Waals surface area contributed by atoms with Crippen LogP contribution in [0.4, 0.5) is 5.69 Å². The second-order valence-electron chi connectivity index (χ2n) is 3.81. The van der Waals surface area contributed by atoms with E-state index < -0.39 is 40.9 Å². The van der Waals surface area contributed by atoms with Crippen LogP contribution in [0.25, 0.3) is 0 Å². The molecule has 0 heterocycles. The van der Waals surface area contributed by atoms with Crippen molar-refractivity contribution >= 4 is 23.5 Å². The number of primary amides is 1. The van der Waals surface area contributed by atoms with Crippen LogP contribution in [0, 0.1) is 10.1 Å². The summed E-state index contributed by atoms with van der Waals surface area (Å²) in [5, 5.41) is 21.6. The molecule has 20 heavy (non-hydrogen) atoms. The van der Waals surface area contributed by atoms with E-state index in [2.05, 4.69) is 0 Å². The monoisotopic (exact) mass is 281 g/mol. The van der Waals surface area contributed by atoms with Gasteiger partial charge in [0.2, 0.25) is 5.91 Å². The van der Waals surface area contributed by atoms with Gasteiger partial charge in [0, 0.05) is 6.07 Å². The average Bonchev–Trinajstić information content (AvgIpc) is 2.37. The van der Waals surface area contributed by atoms with E-state index >= 15 is 0 Å². The maximum Gasteiger partial charge on any atom is 0.326 e. The number of aliphatic carboxylic acids is 1. The molecule has 2 amide bonds. The molecule has 1 rings (SSSR count). The number of rotatable bonds is 6. The highest BCUT2D eigenvalue weighted by Gasteiger charge is 2.26. The Morgan fingerprint density at radius 3 is 2.45 bits per heavy atom. The zero-order chi connectivity index (χ0) is 15.3. The summed E-state index contributed by atoms with van der Waals surface area (Å²) in [5.41, 5.74) is 4.10. The van der Waals surface area contributed by atoms with Crippen molar-refractivity contribution in [1.29, 1.82) is 0 Å². The first-order valence-corrected chi connectivity index (χ1v) is 5.38. The van der Waals surface area contributed by atoms with E-state index in [1.165, 1.54) is 18.2 Å². The molecular formula is C11H11N3O6. The fourth-order valence-electron chi connectivity index (χ4n) is 1.46. The Labute approximate surface area is 112 Å². The van der Waals surface area contributed by atoms with Crippen molar-refractivity contribution in [2.75, 3.05) is 0 Å². The molecule has 106 valence electrons. The molecule has 9 nitrogen and oxygen atoms in total. The number of carbonyl (C=O) groups is 3. The van der Waals surface area contributed by atoms with E-state index in [0.717, 1.165) is 6.07 Å². The maximum absolute atomic E-state index is 11.8. The van der Waals surface area contributed by atoms with Gasteiger partial charge in [-0.3, -0.25) is 19.7 Å². The highest BCUT2D eigenvalue weighted by Crippen LogP contribution is 2.17. The summed E-state index contributed by atoms with van der Waals surface area (Å²) in [4.78, 5) is 43.4. The van der Waals surface area contributed by atoms with Crippen molar-refractivity contribution in [3.63, 3.8) is 0 Å². The Bertz CT molecular complexity index is 571. The van der Waals surface area contributed by atoms with E-state index in [1.807, 2.05) is 5.32 Å². The van der Waals surface area contributed by atoms with Crippen LogP contribution in [-0.4, -0.2) is 33.9 Å². The summed E-state index contributed by atoms with van der Waals surface area (Å²) >= 11 is 0. The van der Waals surface area contributed by atoms with Crippen molar-refractivity contribution in [3.05, 3.63) is 39.9 Å². The first-order valence-electron chi connectivity index (χ1n) is 5.38. The lowest BCUT2D eigenvalue weighted by molar-refractivity contribution is -0.385. The van der Waals surface area contributed by atoms with Crippen molar-refractivity contribution in [2.45, 2.75) is 12.5 Å². The zero-order valence-electron chi connectivity index (χ0n) is 10.1. The standard InChI is InChI=1S/C11H11N3O6/c12-9(15)5-7(11(17)18)13-10(16)6-3-1-2-4-8(6)14(19)20/h1-4,7H,5H2,(H2,12,15)(H,13,16)(H,17,18). The summed E-state index contributed by atoms with van der Waals surface area (Å²) in [6.45, 7) is 0. The molecule has 0 aliphatic rings. The summed E-state index contributed by atoms with van der Waals surface area (Å²) in [6, 6.07) is 3.51. The molecule has 0 saturated carbocycles. The summed E-state index contributed by atoms with van der Waals surface area (Å²) in [7, 11) is 0. The molecule has 0 aromatic heterocycles. The Balaban J connectivity index is 2.98. The molecule has 1 atom stereocenters. The lowest BCUT2D eigenvalue weighted by Crippen LogP contribution is -2.43. The minimum Gasteiger partial charge on any atom is -0.480 e. The maximum atomic E-state index is 11.8. The number of carboxylic acids is 1. The third kappa shape index (κ3) is 3.77. The van der Waals surface area contributed by atoms with E-state index in [1.54, 1.807) is 0 Å². The molecule has 0 radical (unpaired) electrons. The largest absolute Gasteiger partial charge is 0.480 e. The first-order chi connectivity index (χ1) is 9.32. The van der Waals surface area contributed by atoms with Gasteiger partial charge in [-0.05, 0) is 6.07 Å².